The van der Waals surface area contributed by atoms with Crippen molar-refractivity contribution in [2.45, 2.75) is 104 Å². The summed E-state index contributed by atoms with van der Waals surface area (Å²) in [6.45, 7) is 23.4. The van der Waals surface area contributed by atoms with Crippen molar-refractivity contribution < 1.29 is 0 Å². The van der Waals surface area contributed by atoms with Crippen LogP contribution in [0.2, 0.25) is 0 Å². The first kappa shape index (κ1) is 52.2. The molecule has 0 aliphatic carbocycles. The van der Waals surface area contributed by atoms with Gasteiger partial charge in [-0.2, -0.15) is 0 Å². The second-order valence-electron chi connectivity index (χ2n) is 5.27. The number of hydrogen-bond donors (Lipinski definition) is 2. The third-order valence-corrected chi connectivity index (χ3v) is 3.38. The number of likely N-dealkylation sites (N-methyl/N-ethyl adjacent to an activating group) is 2. The normalized spacial score (nSPS) is 14.8. The first-order valence-electron chi connectivity index (χ1n) is 11.4. The summed E-state index contributed by atoms with van der Waals surface area (Å²) in [5, 5.41) is 6.15. The van der Waals surface area contributed by atoms with Gasteiger partial charge in [0, 0.05) is 26.2 Å². The average molecular weight is 451 g/mol. The molecule has 0 radical (unpaired) electrons. The van der Waals surface area contributed by atoms with E-state index in [1.165, 1.54) is 52.1 Å². The molecule has 0 aromatic rings. The summed E-state index contributed by atoms with van der Waals surface area (Å²) < 4.78 is 0. The molecule has 0 atom stereocenters. The van der Waals surface area contributed by atoms with Crippen molar-refractivity contribution in [3.8, 4) is 0 Å². The smallest absolute Gasteiger partial charge is 0.0107 e. The Morgan fingerprint density at radius 3 is 0.968 bits per heavy atom. The molecule has 0 saturated carbocycles. The molecule has 3 aliphatic rings. The number of hydrogen-bond acceptors (Lipinski definition) is 4. The largest absolute Gasteiger partial charge is 0.368 e. The predicted molar refractivity (Wildman–Crippen MR) is 155 cm³/mol. The lowest BCUT2D eigenvalue weighted by Gasteiger charge is -2.28. The maximum Gasteiger partial charge on any atom is 0.0107 e. The van der Waals surface area contributed by atoms with E-state index in [-0.39, 0.29) is 29.7 Å². The minimum absolute atomic E-state index is 0. The van der Waals surface area contributed by atoms with Gasteiger partial charge in [-0.05, 0) is 58.8 Å². The first-order valence-corrected chi connectivity index (χ1v) is 11.4. The lowest BCUT2D eigenvalue weighted by molar-refractivity contribution is 0.181. The van der Waals surface area contributed by atoms with Gasteiger partial charge in [-0.25, -0.2) is 0 Å². The Labute approximate surface area is 203 Å². The van der Waals surface area contributed by atoms with E-state index < -0.39 is 0 Å². The van der Waals surface area contributed by atoms with Crippen LogP contribution >= 0.6 is 0 Å². The highest BCUT2D eigenvalue weighted by Crippen LogP contribution is 1.93. The SMILES string of the molecule is C.C.C.C.C1=CNC=CC1.C1CCNC1.CC.CC.CC.CC.CN1CCN(C)CC1. The van der Waals surface area contributed by atoms with Gasteiger partial charge in [0.1, 0.15) is 0 Å². The van der Waals surface area contributed by atoms with Crippen LogP contribution in [0.25, 0.3) is 0 Å². The Hall–Kier alpha value is -0.840. The molecule has 3 heterocycles. The second-order valence-corrected chi connectivity index (χ2v) is 5.27. The Balaban J connectivity index is -0.0000000352. The topological polar surface area (TPSA) is 30.5 Å². The monoisotopic (exact) mass is 451 g/mol. The highest BCUT2D eigenvalue weighted by Gasteiger charge is 2.07. The molecule has 4 heteroatoms. The predicted octanol–water partition coefficient (Wildman–Crippen LogP) is 7.89. The van der Waals surface area contributed by atoms with Crippen molar-refractivity contribution in [1.82, 2.24) is 20.4 Å². The Morgan fingerprint density at radius 2 is 0.839 bits per heavy atom. The molecule has 2 saturated heterocycles. The summed E-state index contributed by atoms with van der Waals surface area (Å²) in [5.74, 6) is 0. The lowest BCUT2D eigenvalue weighted by Crippen LogP contribution is -2.42. The van der Waals surface area contributed by atoms with Gasteiger partial charge in [0.15, 0.2) is 0 Å². The number of allylic oxidation sites excluding steroid dienone is 2. The summed E-state index contributed by atoms with van der Waals surface area (Å²) in [5.41, 5.74) is 0. The zero-order valence-corrected chi connectivity index (χ0v) is 20.6. The minimum atomic E-state index is 0. The molecule has 0 amide bonds. The Kier molecular flexibility index (Phi) is 95.8. The van der Waals surface area contributed by atoms with Gasteiger partial charge in [0.2, 0.25) is 0 Å². The van der Waals surface area contributed by atoms with Crippen LogP contribution in [0.3, 0.4) is 0 Å². The third kappa shape index (κ3) is 52.9. The van der Waals surface area contributed by atoms with Gasteiger partial charge >= 0.3 is 0 Å². The van der Waals surface area contributed by atoms with Crippen molar-refractivity contribution in [1.29, 1.82) is 0 Å². The van der Waals surface area contributed by atoms with Crippen LogP contribution in [-0.4, -0.2) is 63.2 Å². The molecule has 31 heavy (non-hydrogen) atoms. The fraction of sp³-hybridized carbons (Fsp3) is 0.852. The molecule has 2 N–H and O–H groups in total. The fourth-order valence-electron chi connectivity index (χ4n) is 1.94. The highest BCUT2D eigenvalue weighted by atomic mass is 15.2. The minimum Gasteiger partial charge on any atom is -0.368 e. The molecule has 0 spiro atoms. The molecule has 0 aromatic heterocycles. The molecule has 3 rings (SSSR count). The second kappa shape index (κ2) is 56.9. The summed E-state index contributed by atoms with van der Waals surface area (Å²) in [7, 11) is 4.35. The van der Waals surface area contributed by atoms with E-state index in [0.29, 0.717) is 0 Å². The molecule has 2 fully saturated rings. The molecule has 0 aromatic carbocycles. The molecule has 4 nitrogen and oxygen atoms in total. The summed E-state index contributed by atoms with van der Waals surface area (Å²) in [6, 6.07) is 0. The highest BCUT2D eigenvalue weighted by molar-refractivity contribution is 4.98. The van der Waals surface area contributed by atoms with Gasteiger partial charge < -0.3 is 20.4 Å². The van der Waals surface area contributed by atoms with Gasteiger partial charge in [-0.15, -0.1) is 0 Å². The average Bonchev–Trinajstić information content (AvgIpc) is 3.38. The van der Waals surface area contributed by atoms with Crippen molar-refractivity contribution in [3.05, 3.63) is 24.6 Å². The van der Waals surface area contributed by atoms with Crippen LogP contribution in [0.4, 0.5) is 0 Å². The number of nitrogens with zero attached hydrogens (tertiary/aromatic N) is 2. The Bertz CT molecular complexity index is 216. The third-order valence-electron chi connectivity index (χ3n) is 3.38. The van der Waals surface area contributed by atoms with Crippen molar-refractivity contribution >= 4 is 0 Å². The van der Waals surface area contributed by atoms with Crippen LogP contribution in [0.15, 0.2) is 24.6 Å². The molecule has 0 unspecified atom stereocenters. The van der Waals surface area contributed by atoms with Crippen molar-refractivity contribution in [2.24, 2.45) is 0 Å². The number of nitrogens with one attached hydrogen (secondary N) is 2. The number of dihydropyridines is 1. The van der Waals surface area contributed by atoms with Crippen LogP contribution in [0, 0.1) is 0 Å². The van der Waals surface area contributed by atoms with Gasteiger partial charge in [-0.1, -0.05) is 97.2 Å². The maximum absolute atomic E-state index is 3.22. The van der Waals surface area contributed by atoms with E-state index in [2.05, 4.69) is 46.7 Å². The van der Waals surface area contributed by atoms with E-state index in [1.807, 2.05) is 67.8 Å². The van der Waals surface area contributed by atoms with Crippen LogP contribution in [0.5, 0.6) is 0 Å². The number of piperazine rings is 1. The lowest BCUT2D eigenvalue weighted by atomic mass is 10.4. The van der Waals surface area contributed by atoms with Crippen LogP contribution in [-0.2, 0) is 0 Å². The maximum atomic E-state index is 3.22. The van der Waals surface area contributed by atoms with Gasteiger partial charge in [0.25, 0.3) is 0 Å². The quantitative estimate of drug-likeness (QED) is 0.393. The van der Waals surface area contributed by atoms with E-state index in [4.69, 9.17) is 0 Å². The molecular formula is C27H70N4. The fourth-order valence-corrected chi connectivity index (χ4v) is 1.94. The summed E-state index contributed by atoms with van der Waals surface area (Å²) in [6.07, 6.45) is 11.9. The number of rotatable bonds is 0. The Morgan fingerprint density at radius 1 is 0.548 bits per heavy atom. The standard InChI is InChI=1S/C6H14N2.C5H7N.C4H9N.4C2H6.4CH4/c1-7-3-5-8(2)6-4-7;1-2-4-6-5-3-1;1-2-4-5-3-1;4*1-2;;;;/h3-6H2,1-2H3;2-6H,1H2;5H,1-4H2;4*1-2H3;4*1H4. The zero-order valence-electron chi connectivity index (χ0n) is 20.6. The van der Waals surface area contributed by atoms with Gasteiger partial charge in [-0.3, -0.25) is 0 Å². The summed E-state index contributed by atoms with van der Waals surface area (Å²) >= 11 is 0. The molecule has 0 bridgehead atoms. The van der Waals surface area contributed by atoms with E-state index in [9.17, 15) is 0 Å². The molecule has 198 valence electrons. The van der Waals surface area contributed by atoms with Crippen molar-refractivity contribution in [2.75, 3.05) is 53.4 Å². The zero-order chi connectivity index (χ0) is 21.8. The van der Waals surface area contributed by atoms with Crippen LogP contribution in [0.1, 0.15) is 104 Å². The van der Waals surface area contributed by atoms with Crippen molar-refractivity contribution in [3.63, 3.8) is 0 Å². The molecular weight excluding hydrogens is 380 g/mol. The summed E-state index contributed by atoms with van der Waals surface area (Å²) in [4.78, 5) is 4.72. The first-order chi connectivity index (χ1) is 13.3. The molecule has 3 aliphatic heterocycles. The van der Waals surface area contributed by atoms with Crippen LogP contribution < -0.4 is 10.6 Å². The van der Waals surface area contributed by atoms with E-state index in [1.54, 1.807) is 0 Å². The van der Waals surface area contributed by atoms with Gasteiger partial charge in [0.05, 0.1) is 0 Å². The van der Waals surface area contributed by atoms with E-state index >= 15 is 0 Å². The van der Waals surface area contributed by atoms with E-state index in [0.717, 1.165) is 6.42 Å².